The molecule has 1 aromatic heterocycles. The molecule has 294 valence electrons. The molecule has 4 rings (SSSR count). The van der Waals surface area contributed by atoms with E-state index in [0.717, 1.165) is 5.56 Å². The number of carbonyl (C=O) groups is 4. The lowest BCUT2D eigenvalue weighted by atomic mass is 9.88. The number of aromatic nitrogens is 2. The molecule has 18 heteroatoms. The molecule has 6 atom stereocenters. The maximum Gasteiger partial charge on any atom is 0.330 e. The third-order valence-corrected chi connectivity index (χ3v) is 10.6. The molecule has 4 N–H and O–H groups in total. The minimum absolute atomic E-state index is 0.0724. The number of carbonyl (C=O) groups excluding carboxylic acids is 4. The summed E-state index contributed by atoms with van der Waals surface area (Å²) in [4.78, 5) is 84.9. The highest BCUT2D eigenvalue weighted by Gasteiger charge is 2.50. The minimum Gasteiger partial charge on any atom is -0.462 e. The molecule has 2 aromatic rings. The van der Waals surface area contributed by atoms with E-state index in [4.69, 9.17) is 15.0 Å². The largest absolute Gasteiger partial charge is 0.462 e. The lowest BCUT2D eigenvalue weighted by molar-refractivity contribution is -0.161. The van der Waals surface area contributed by atoms with Crippen molar-refractivity contribution in [2.45, 2.75) is 121 Å². The van der Waals surface area contributed by atoms with Gasteiger partial charge in [0.1, 0.15) is 25.0 Å². The first kappa shape index (κ1) is 42.1. The topological polar surface area (TPSA) is 238 Å². The molecule has 3 heterocycles. The van der Waals surface area contributed by atoms with Crippen LogP contribution in [-0.4, -0.2) is 96.4 Å². The molecule has 0 bridgehead atoms. The number of benzene rings is 1. The third kappa shape index (κ3) is 10.3. The van der Waals surface area contributed by atoms with Crippen molar-refractivity contribution < 1.29 is 33.8 Å². The minimum atomic E-state index is -1.73. The first-order chi connectivity index (χ1) is 25.1. The average molecular weight is 771 g/mol. The Bertz CT molecular complexity index is 1880. The van der Waals surface area contributed by atoms with Crippen molar-refractivity contribution in [1.29, 1.82) is 0 Å². The Morgan fingerprint density at radius 3 is 2.46 bits per heavy atom. The van der Waals surface area contributed by atoms with Gasteiger partial charge in [-0.1, -0.05) is 35.4 Å². The molecule has 0 spiro atoms. The lowest BCUT2D eigenvalue weighted by Crippen LogP contribution is -2.60. The normalized spacial score (nSPS) is 22.1. The molecule has 54 heavy (non-hydrogen) atoms. The molecule has 0 saturated carbocycles. The van der Waals surface area contributed by atoms with E-state index in [1.807, 2.05) is 40.7 Å². The molecule has 2 aliphatic rings. The summed E-state index contributed by atoms with van der Waals surface area (Å²) in [5.41, 5.74) is 6.89. The number of esters is 1. The van der Waals surface area contributed by atoms with Crippen LogP contribution in [0, 0.1) is 12.3 Å². The number of rotatable bonds is 13. The second-order valence-electron chi connectivity index (χ2n) is 15.9. The molecule has 0 aliphatic carbocycles. The Morgan fingerprint density at radius 2 is 1.83 bits per heavy atom. The van der Waals surface area contributed by atoms with Crippen molar-refractivity contribution in [3.05, 3.63) is 78.9 Å². The van der Waals surface area contributed by atoms with Gasteiger partial charge in [-0.05, 0) is 72.9 Å². The quantitative estimate of drug-likeness (QED) is 0.100. The monoisotopic (exact) mass is 770 g/mol. The van der Waals surface area contributed by atoms with E-state index < -0.39 is 81.3 Å². The van der Waals surface area contributed by atoms with E-state index in [-0.39, 0.29) is 43.2 Å². The molecule has 2 fully saturated rings. The summed E-state index contributed by atoms with van der Waals surface area (Å²) in [6, 6.07) is 6.16. The lowest BCUT2D eigenvalue weighted by Gasteiger charge is -2.35. The standard InChI is InChI=1S/C36H50N8O9S/c1-20-17-43(33(51)39-29(20)47)26-15-22(41-42-37)24(53-26)18-52-32(50)35(5,6)16-25(45)38-23(14-21-12-10-9-11-13-21)27(46)31(49)44-19-54-36(7,8)28(44)30(48)40-34(2,3)4/h9-13,17,22-24,26-28,46H,14-16,18-19H2,1-8H3,(H,38,45)(H,40,48)(H,39,47,51)/t22-,23+,24+,26+,27+,28-/m1/s1. The molecule has 1 aromatic carbocycles. The Kier molecular flexibility index (Phi) is 13.1. The Labute approximate surface area is 317 Å². The third-order valence-electron chi connectivity index (χ3n) is 9.25. The van der Waals surface area contributed by atoms with E-state index in [1.54, 1.807) is 24.3 Å². The second-order valence-corrected chi connectivity index (χ2v) is 17.5. The molecule has 0 radical (unpaired) electrons. The fourth-order valence-corrected chi connectivity index (χ4v) is 7.55. The molecular formula is C36H50N8O9S. The SMILES string of the molecule is Cc1cn([C@@H]2C[C@@H](N=[N+]=[N-])[C@H](COC(=O)C(C)(C)CC(=O)N[C@@H](Cc3ccccc3)[C@H](O)C(=O)N3CSC(C)(C)[C@H]3C(=O)NC(C)(C)C)O2)c(=O)[nH]c1=O. The van der Waals surface area contributed by atoms with Crippen LogP contribution in [0.3, 0.4) is 0 Å². The van der Waals surface area contributed by atoms with Crippen LogP contribution < -0.4 is 21.9 Å². The van der Waals surface area contributed by atoms with Gasteiger partial charge >= 0.3 is 11.7 Å². The number of amides is 3. The van der Waals surface area contributed by atoms with Crippen LogP contribution in [0.4, 0.5) is 0 Å². The summed E-state index contributed by atoms with van der Waals surface area (Å²) in [5, 5.41) is 21.0. The summed E-state index contributed by atoms with van der Waals surface area (Å²) < 4.78 is 12.0. The molecule has 17 nitrogen and oxygen atoms in total. The fraction of sp³-hybridized carbons (Fsp3) is 0.611. The van der Waals surface area contributed by atoms with Crippen LogP contribution in [0.25, 0.3) is 10.4 Å². The van der Waals surface area contributed by atoms with Crippen molar-refractivity contribution in [1.82, 2.24) is 25.1 Å². The van der Waals surface area contributed by atoms with Crippen molar-refractivity contribution in [2.75, 3.05) is 12.5 Å². The van der Waals surface area contributed by atoms with Gasteiger partial charge in [-0.15, -0.1) is 11.8 Å². The number of thioether (sulfide) groups is 1. The van der Waals surface area contributed by atoms with Crippen LogP contribution in [0.15, 0.2) is 51.2 Å². The summed E-state index contributed by atoms with van der Waals surface area (Å²) in [6.45, 7) is 13.4. The number of H-pyrrole nitrogens is 1. The zero-order chi connectivity index (χ0) is 40.2. The van der Waals surface area contributed by atoms with Crippen molar-refractivity contribution in [3.8, 4) is 0 Å². The van der Waals surface area contributed by atoms with Gasteiger partial charge in [0, 0.05) is 39.8 Å². The van der Waals surface area contributed by atoms with Gasteiger partial charge in [-0.25, -0.2) is 4.79 Å². The first-order valence-corrected chi connectivity index (χ1v) is 18.6. The fourth-order valence-electron chi connectivity index (χ4n) is 6.41. The highest BCUT2D eigenvalue weighted by molar-refractivity contribution is 8.00. The van der Waals surface area contributed by atoms with E-state index in [9.17, 15) is 33.9 Å². The Balaban J connectivity index is 1.45. The number of hydrogen-bond donors (Lipinski definition) is 4. The van der Waals surface area contributed by atoms with Gasteiger partial charge in [0.15, 0.2) is 6.10 Å². The Morgan fingerprint density at radius 1 is 1.17 bits per heavy atom. The van der Waals surface area contributed by atoms with E-state index in [2.05, 4.69) is 25.6 Å². The van der Waals surface area contributed by atoms with Crippen molar-refractivity contribution in [3.63, 3.8) is 0 Å². The van der Waals surface area contributed by atoms with E-state index >= 15 is 0 Å². The van der Waals surface area contributed by atoms with Gasteiger partial charge in [0.25, 0.3) is 11.5 Å². The summed E-state index contributed by atoms with van der Waals surface area (Å²) in [5.74, 6) is -2.33. The number of aliphatic hydroxyl groups is 1. The van der Waals surface area contributed by atoms with E-state index in [0.29, 0.717) is 0 Å². The van der Waals surface area contributed by atoms with Gasteiger partial charge in [-0.3, -0.25) is 33.5 Å². The van der Waals surface area contributed by atoms with Crippen LogP contribution in [0.2, 0.25) is 0 Å². The van der Waals surface area contributed by atoms with Crippen LogP contribution in [0.1, 0.15) is 78.7 Å². The van der Waals surface area contributed by atoms with Crippen LogP contribution in [-0.2, 0) is 35.1 Å². The average Bonchev–Trinajstić information content (AvgIpc) is 3.62. The number of aromatic amines is 1. The smallest absolute Gasteiger partial charge is 0.330 e. The Hall–Kier alpha value is -4.64. The molecule has 2 aliphatic heterocycles. The van der Waals surface area contributed by atoms with Crippen LogP contribution >= 0.6 is 11.8 Å². The highest BCUT2D eigenvalue weighted by atomic mass is 32.2. The number of nitrogens with one attached hydrogen (secondary N) is 3. The predicted octanol–water partition coefficient (Wildman–Crippen LogP) is 2.45. The maximum atomic E-state index is 13.9. The molecule has 2 saturated heterocycles. The second kappa shape index (κ2) is 16.8. The van der Waals surface area contributed by atoms with Gasteiger partial charge in [0.2, 0.25) is 11.8 Å². The van der Waals surface area contributed by atoms with Crippen LogP contribution in [0.5, 0.6) is 0 Å². The number of hydrogen-bond acceptors (Lipinski definition) is 11. The molecular weight excluding hydrogens is 721 g/mol. The van der Waals surface area contributed by atoms with Gasteiger partial charge in [-0.2, -0.15) is 0 Å². The summed E-state index contributed by atoms with van der Waals surface area (Å²) in [7, 11) is 0. The number of aliphatic hydroxyl groups excluding tert-OH is 1. The maximum absolute atomic E-state index is 13.9. The van der Waals surface area contributed by atoms with Gasteiger partial charge in [0.05, 0.1) is 23.4 Å². The highest BCUT2D eigenvalue weighted by Crippen LogP contribution is 2.40. The first-order valence-electron chi connectivity index (χ1n) is 17.6. The summed E-state index contributed by atoms with van der Waals surface area (Å²) >= 11 is 1.41. The molecule has 3 amide bonds. The van der Waals surface area contributed by atoms with E-state index in [1.165, 1.54) is 48.2 Å². The zero-order valence-corrected chi connectivity index (χ0v) is 32.6. The van der Waals surface area contributed by atoms with Crippen molar-refractivity contribution in [2.24, 2.45) is 10.5 Å². The number of azide groups is 1. The predicted molar refractivity (Wildman–Crippen MR) is 200 cm³/mol. The molecule has 0 unspecified atom stereocenters. The number of nitrogens with zero attached hydrogens (tertiary/aromatic N) is 5. The zero-order valence-electron chi connectivity index (χ0n) is 31.8. The van der Waals surface area contributed by atoms with Crippen molar-refractivity contribution >= 4 is 35.5 Å². The van der Waals surface area contributed by atoms with Gasteiger partial charge < -0.3 is 30.1 Å². The summed E-state index contributed by atoms with van der Waals surface area (Å²) in [6.07, 6.45) is -2.48. The number of ether oxygens (including phenoxy) is 2. The number of aryl methyl sites for hydroxylation is 1.